The largest absolute Gasteiger partial charge is 0.421 e. The van der Waals surface area contributed by atoms with Gasteiger partial charge < -0.3 is 14.2 Å². The molecule has 8 heteroatoms. The molecular formula is C23H24N6O2. The fourth-order valence-electron chi connectivity index (χ4n) is 3.87. The smallest absolute Gasteiger partial charge is 0.406 e. The lowest BCUT2D eigenvalue weighted by Crippen LogP contribution is -2.44. The minimum Gasteiger partial charge on any atom is -0.406 e. The molecule has 0 atom stereocenters. The Bertz CT molecular complexity index is 1270. The highest BCUT2D eigenvalue weighted by Gasteiger charge is 2.15. The number of anilines is 1. The number of likely N-dealkylation sites (N-methyl/N-ethyl adjacent to an activating group) is 1. The predicted octanol–water partition coefficient (Wildman–Crippen LogP) is 2.56. The van der Waals surface area contributed by atoms with E-state index in [4.69, 9.17) is 4.42 Å². The molecule has 4 aromatic rings. The number of hydrogen-bond acceptors (Lipinski definition) is 7. The summed E-state index contributed by atoms with van der Waals surface area (Å²) in [6, 6.07) is 11.5. The van der Waals surface area contributed by atoms with Crippen molar-refractivity contribution in [3.63, 3.8) is 0 Å². The van der Waals surface area contributed by atoms with Crippen LogP contribution < -0.4 is 10.7 Å². The molecule has 0 unspecified atom stereocenters. The van der Waals surface area contributed by atoms with Crippen molar-refractivity contribution in [2.75, 3.05) is 38.1 Å². The topological polar surface area (TPSA) is 80.3 Å². The number of fused-ring (bicyclic) bond motifs is 1. The molecule has 0 radical (unpaired) electrons. The molecule has 1 aliphatic heterocycles. The van der Waals surface area contributed by atoms with Crippen LogP contribution in [0.1, 0.15) is 11.3 Å². The highest BCUT2D eigenvalue weighted by Crippen LogP contribution is 2.21. The maximum absolute atomic E-state index is 12.3. The zero-order valence-electron chi connectivity index (χ0n) is 17.7. The average molecular weight is 416 g/mol. The van der Waals surface area contributed by atoms with Crippen molar-refractivity contribution in [1.82, 2.24) is 24.4 Å². The molecule has 5 rings (SSSR count). The van der Waals surface area contributed by atoms with Crippen LogP contribution in [0.4, 0.5) is 5.69 Å². The van der Waals surface area contributed by atoms with Gasteiger partial charge >= 0.3 is 5.76 Å². The lowest BCUT2D eigenvalue weighted by atomic mass is 10.1. The van der Waals surface area contributed by atoms with Crippen molar-refractivity contribution < 1.29 is 4.42 Å². The number of aromatic nitrogens is 4. The molecule has 158 valence electrons. The number of piperazine rings is 1. The minimum absolute atomic E-state index is 0.371. The molecule has 1 fully saturated rings. The minimum atomic E-state index is -0.411. The summed E-state index contributed by atoms with van der Waals surface area (Å²) in [4.78, 5) is 30.6. The number of benzene rings is 1. The van der Waals surface area contributed by atoms with Gasteiger partial charge in [-0.1, -0.05) is 18.2 Å². The first-order valence-corrected chi connectivity index (χ1v) is 10.4. The fraction of sp³-hybridized carbons (Fsp3) is 0.304. The lowest BCUT2D eigenvalue weighted by molar-refractivity contribution is 0.312. The van der Waals surface area contributed by atoms with E-state index in [1.165, 1.54) is 0 Å². The Labute approximate surface area is 179 Å². The number of rotatable bonds is 4. The SMILES string of the molecule is Cc1ccc2oc(=O)n(Cc3cccc(-c4ncc(N5CCN(C)CC5)cn4)c3)c2n1. The van der Waals surface area contributed by atoms with E-state index in [2.05, 4.69) is 31.8 Å². The summed E-state index contributed by atoms with van der Waals surface area (Å²) in [6.45, 7) is 6.31. The average Bonchev–Trinajstić information content (AvgIpc) is 3.09. The molecule has 0 bridgehead atoms. The Morgan fingerprint density at radius 3 is 2.58 bits per heavy atom. The van der Waals surface area contributed by atoms with Gasteiger partial charge in [-0.25, -0.2) is 19.7 Å². The van der Waals surface area contributed by atoms with Crippen LogP contribution in [0.3, 0.4) is 0 Å². The molecule has 1 saturated heterocycles. The Morgan fingerprint density at radius 1 is 1.03 bits per heavy atom. The molecule has 0 spiro atoms. The first kappa shape index (κ1) is 19.4. The van der Waals surface area contributed by atoms with Crippen LogP contribution in [-0.4, -0.2) is 57.6 Å². The summed E-state index contributed by atoms with van der Waals surface area (Å²) < 4.78 is 6.89. The molecule has 0 aliphatic carbocycles. The van der Waals surface area contributed by atoms with E-state index in [0.717, 1.165) is 48.7 Å². The summed E-state index contributed by atoms with van der Waals surface area (Å²) in [6.07, 6.45) is 3.78. The quantitative estimate of drug-likeness (QED) is 0.506. The van der Waals surface area contributed by atoms with Gasteiger partial charge in [-0.2, -0.15) is 0 Å². The van der Waals surface area contributed by atoms with Gasteiger partial charge in [-0.15, -0.1) is 0 Å². The fourth-order valence-corrected chi connectivity index (χ4v) is 3.87. The number of pyridine rings is 1. The van der Waals surface area contributed by atoms with E-state index < -0.39 is 5.76 Å². The van der Waals surface area contributed by atoms with E-state index in [0.29, 0.717) is 23.6 Å². The highest BCUT2D eigenvalue weighted by atomic mass is 16.4. The van der Waals surface area contributed by atoms with E-state index in [9.17, 15) is 4.79 Å². The summed E-state index contributed by atoms with van der Waals surface area (Å²) in [5, 5.41) is 0. The van der Waals surface area contributed by atoms with Crippen LogP contribution in [0.2, 0.25) is 0 Å². The van der Waals surface area contributed by atoms with Gasteiger partial charge in [0, 0.05) is 37.4 Å². The van der Waals surface area contributed by atoms with E-state index in [-0.39, 0.29) is 0 Å². The number of nitrogens with zero attached hydrogens (tertiary/aromatic N) is 6. The zero-order chi connectivity index (χ0) is 21.4. The summed E-state index contributed by atoms with van der Waals surface area (Å²) in [5.74, 6) is 0.254. The maximum Gasteiger partial charge on any atom is 0.421 e. The Kier molecular flexibility index (Phi) is 4.99. The van der Waals surface area contributed by atoms with Crippen LogP contribution in [0.5, 0.6) is 0 Å². The van der Waals surface area contributed by atoms with Crippen LogP contribution >= 0.6 is 0 Å². The monoisotopic (exact) mass is 416 g/mol. The Morgan fingerprint density at radius 2 is 1.81 bits per heavy atom. The van der Waals surface area contributed by atoms with Gasteiger partial charge in [-0.3, -0.25) is 4.57 Å². The molecule has 3 aromatic heterocycles. The lowest BCUT2D eigenvalue weighted by Gasteiger charge is -2.33. The third-order valence-electron chi connectivity index (χ3n) is 5.68. The van der Waals surface area contributed by atoms with Crippen molar-refractivity contribution in [2.24, 2.45) is 0 Å². The summed E-state index contributed by atoms with van der Waals surface area (Å²) in [5.41, 5.74) is 4.80. The molecule has 8 nitrogen and oxygen atoms in total. The van der Waals surface area contributed by atoms with E-state index in [1.54, 1.807) is 10.6 Å². The molecular weight excluding hydrogens is 392 g/mol. The van der Waals surface area contributed by atoms with Crippen LogP contribution in [0, 0.1) is 6.92 Å². The third-order valence-corrected chi connectivity index (χ3v) is 5.68. The van der Waals surface area contributed by atoms with Crippen molar-refractivity contribution in [3.05, 3.63) is 70.6 Å². The number of hydrogen-bond donors (Lipinski definition) is 0. The Hall–Kier alpha value is -3.52. The molecule has 31 heavy (non-hydrogen) atoms. The predicted molar refractivity (Wildman–Crippen MR) is 119 cm³/mol. The normalized spacial score (nSPS) is 15.0. The first-order chi connectivity index (χ1) is 15.1. The number of oxazole rings is 1. The summed E-state index contributed by atoms with van der Waals surface area (Å²) >= 11 is 0. The first-order valence-electron chi connectivity index (χ1n) is 10.4. The molecule has 1 aliphatic rings. The standard InChI is InChI=1S/C23H24N6O2/c1-16-6-7-20-22(26-16)29(23(30)31-20)15-17-4-3-5-18(12-17)21-24-13-19(14-25-21)28-10-8-27(2)9-11-28/h3-7,12-14H,8-11,15H2,1-2H3. The highest BCUT2D eigenvalue weighted by molar-refractivity contribution is 5.68. The van der Waals surface area contributed by atoms with Gasteiger partial charge in [0.1, 0.15) is 0 Å². The molecule has 0 amide bonds. The van der Waals surface area contributed by atoms with E-state index in [1.807, 2.05) is 49.6 Å². The van der Waals surface area contributed by atoms with E-state index >= 15 is 0 Å². The van der Waals surface area contributed by atoms with Crippen LogP contribution in [0.15, 0.2) is 58.0 Å². The van der Waals surface area contributed by atoms with Crippen molar-refractivity contribution >= 4 is 16.9 Å². The van der Waals surface area contributed by atoms with Gasteiger partial charge in [0.25, 0.3) is 0 Å². The third kappa shape index (κ3) is 3.94. The Balaban J connectivity index is 1.39. The summed E-state index contributed by atoms with van der Waals surface area (Å²) in [7, 11) is 2.14. The van der Waals surface area contributed by atoms with Gasteiger partial charge in [0.05, 0.1) is 24.6 Å². The van der Waals surface area contributed by atoms with Gasteiger partial charge in [0.2, 0.25) is 0 Å². The van der Waals surface area contributed by atoms with Crippen LogP contribution in [0.25, 0.3) is 22.6 Å². The zero-order valence-corrected chi connectivity index (χ0v) is 17.7. The van der Waals surface area contributed by atoms with Crippen molar-refractivity contribution in [2.45, 2.75) is 13.5 Å². The molecule has 0 saturated carbocycles. The van der Waals surface area contributed by atoms with Crippen molar-refractivity contribution in [1.29, 1.82) is 0 Å². The number of aryl methyl sites for hydroxylation is 1. The second-order valence-electron chi connectivity index (χ2n) is 7.98. The van der Waals surface area contributed by atoms with Gasteiger partial charge in [-0.05, 0) is 37.7 Å². The van der Waals surface area contributed by atoms with Gasteiger partial charge in [0.15, 0.2) is 17.1 Å². The molecule has 4 heterocycles. The van der Waals surface area contributed by atoms with Crippen molar-refractivity contribution in [3.8, 4) is 11.4 Å². The second-order valence-corrected chi connectivity index (χ2v) is 7.98. The maximum atomic E-state index is 12.3. The molecule has 1 aromatic carbocycles. The molecule has 0 N–H and O–H groups in total. The van der Waals surface area contributed by atoms with Crippen LogP contribution in [-0.2, 0) is 6.54 Å². The second kappa shape index (κ2) is 7.96.